The minimum Gasteiger partial charge on any atom is -0.351 e. The molecule has 1 atom stereocenters. The van der Waals surface area contributed by atoms with E-state index in [1.807, 2.05) is 0 Å². The smallest absolute Gasteiger partial charge is 0.351 e. The van der Waals surface area contributed by atoms with Crippen molar-refractivity contribution >= 4 is 30.1 Å². The Labute approximate surface area is 137 Å². The summed E-state index contributed by atoms with van der Waals surface area (Å²) in [5.41, 5.74) is -0.690. The van der Waals surface area contributed by atoms with E-state index in [4.69, 9.17) is 0 Å². The minimum absolute atomic E-state index is 0. The van der Waals surface area contributed by atoms with E-state index in [1.54, 1.807) is 6.07 Å². The third-order valence-corrected chi connectivity index (χ3v) is 4.19. The number of piperidine rings is 1. The van der Waals surface area contributed by atoms with Crippen LogP contribution >= 0.6 is 24.2 Å². The molecule has 0 radical (unpaired) electrons. The normalized spacial score (nSPS) is 18.4. The number of benzene rings is 1. The average molecular weight is 355 g/mol. The molecule has 3 nitrogen and oxygen atoms in total. The van der Waals surface area contributed by atoms with Crippen LogP contribution in [0, 0.1) is 0 Å². The summed E-state index contributed by atoms with van der Waals surface area (Å²) >= 11 is 1.11. The Hall–Kier alpha value is -0.920. The number of halogens is 4. The van der Waals surface area contributed by atoms with Gasteiger partial charge in [-0.1, -0.05) is 6.07 Å². The van der Waals surface area contributed by atoms with Crippen molar-refractivity contribution in [2.45, 2.75) is 30.0 Å². The molecule has 0 aliphatic carbocycles. The zero-order valence-electron chi connectivity index (χ0n) is 11.8. The van der Waals surface area contributed by atoms with Gasteiger partial charge in [-0.05, 0) is 37.6 Å². The van der Waals surface area contributed by atoms with Gasteiger partial charge in [-0.15, -0.1) is 24.2 Å². The first-order valence-corrected chi connectivity index (χ1v) is 7.74. The Kier molecular flexibility index (Phi) is 7.52. The summed E-state index contributed by atoms with van der Waals surface area (Å²) in [6.45, 7) is 1.71. The van der Waals surface area contributed by atoms with Gasteiger partial charge in [0.05, 0.1) is 11.3 Å². The van der Waals surface area contributed by atoms with Crippen LogP contribution in [0.4, 0.5) is 13.2 Å². The maximum atomic E-state index is 12.6. The van der Waals surface area contributed by atoms with E-state index in [0.717, 1.165) is 49.8 Å². The molecule has 0 aromatic heterocycles. The van der Waals surface area contributed by atoms with E-state index in [9.17, 15) is 18.0 Å². The highest BCUT2D eigenvalue weighted by atomic mass is 35.5. The third kappa shape index (κ3) is 6.06. The van der Waals surface area contributed by atoms with E-state index in [1.165, 1.54) is 6.07 Å². The molecular formula is C14H18ClF3N2OS. The van der Waals surface area contributed by atoms with Gasteiger partial charge < -0.3 is 10.6 Å². The molecular weight excluding hydrogens is 337 g/mol. The van der Waals surface area contributed by atoms with Crippen LogP contribution in [0.15, 0.2) is 29.2 Å². The van der Waals surface area contributed by atoms with Crippen LogP contribution in [0.3, 0.4) is 0 Å². The molecule has 8 heteroatoms. The van der Waals surface area contributed by atoms with E-state index in [-0.39, 0.29) is 30.1 Å². The summed E-state index contributed by atoms with van der Waals surface area (Å²) in [6.07, 6.45) is -2.40. The van der Waals surface area contributed by atoms with Gasteiger partial charge in [-0.3, -0.25) is 4.79 Å². The second kappa shape index (κ2) is 8.64. The quantitative estimate of drug-likeness (QED) is 0.816. The van der Waals surface area contributed by atoms with Gasteiger partial charge in [0.1, 0.15) is 0 Å². The number of hydrogen-bond donors (Lipinski definition) is 2. The number of thioether (sulfide) groups is 1. The van der Waals surface area contributed by atoms with E-state index < -0.39 is 11.7 Å². The molecule has 1 amide bonds. The topological polar surface area (TPSA) is 41.1 Å². The molecule has 0 unspecified atom stereocenters. The summed E-state index contributed by atoms with van der Waals surface area (Å²) in [7, 11) is 0. The Bertz CT molecular complexity index is 493. The standard InChI is InChI=1S/C14H17F3N2OS.ClH/c15-14(16,17)10-3-1-5-12(7-10)21-9-13(20)19-11-4-2-6-18-8-11;/h1,3,5,7,11,18H,2,4,6,8-9H2,(H,19,20);1H/t11-;/m0./s1. The molecule has 0 saturated carbocycles. The summed E-state index contributed by atoms with van der Waals surface area (Å²) in [4.78, 5) is 12.2. The number of carbonyl (C=O) groups is 1. The molecule has 1 aliphatic heterocycles. The number of amides is 1. The SMILES string of the molecule is Cl.O=C(CSc1cccc(C(F)(F)F)c1)N[C@H]1CCCNC1. The van der Waals surface area contributed by atoms with Crippen molar-refractivity contribution in [3.63, 3.8) is 0 Å². The fourth-order valence-corrected chi connectivity index (χ4v) is 2.92. The van der Waals surface area contributed by atoms with Gasteiger partial charge in [0.2, 0.25) is 5.91 Å². The minimum atomic E-state index is -4.35. The highest BCUT2D eigenvalue weighted by Crippen LogP contribution is 2.31. The van der Waals surface area contributed by atoms with Crippen LogP contribution in [0.5, 0.6) is 0 Å². The molecule has 0 bridgehead atoms. The molecule has 1 aliphatic rings. The predicted molar refractivity (Wildman–Crippen MR) is 83.5 cm³/mol. The van der Waals surface area contributed by atoms with E-state index in [0.29, 0.717) is 4.90 Å². The van der Waals surface area contributed by atoms with Gasteiger partial charge in [-0.25, -0.2) is 0 Å². The van der Waals surface area contributed by atoms with Crippen LogP contribution in [0.25, 0.3) is 0 Å². The van der Waals surface area contributed by atoms with Crippen LogP contribution in [0.2, 0.25) is 0 Å². The van der Waals surface area contributed by atoms with Crippen molar-refractivity contribution in [3.05, 3.63) is 29.8 Å². The summed E-state index contributed by atoms with van der Waals surface area (Å²) in [5.74, 6) is -0.0243. The van der Waals surface area contributed by atoms with E-state index >= 15 is 0 Å². The van der Waals surface area contributed by atoms with Crippen molar-refractivity contribution in [3.8, 4) is 0 Å². The van der Waals surface area contributed by atoms with Crippen molar-refractivity contribution in [1.82, 2.24) is 10.6 Å². The fraction of sp³-hybridized carbons (Fsp3) is 0.500. The highest BCUT2D eigenvalue weighted by Gasteiger charge is 2.30. The Morgan fingerprint density at radius 2 is 2.18 bits per heavy atom. The molecule has 1 aromatic carbocycles. The van der Waals surface area contributed by atoms with Gasteiger partial charge in [0.25, 0.3) is 0 Å². The molecule has 22 heavy (non-hydrogen) atoms. The second-order valence-corrected chi connectivity index (χ2v) is 5.97. The Morgan fingerprint density at radius 3 is 2.82 bits per heavy atom. The van der Waals surface area contributed by atoms with Gasteiger partial charge in [0.15, 0.2) is 0 Å². The Morgan fingerprint density at radius 1 is 1.41 bits per heavy atom. The van der Waals surface area contributed by atoms with Crippen LogP contribution in [-0.2, 0) is 11.0 Å². The lowest BCUT2D eigenvalue weighted by molar-refractivity contribution is -0.137. The summed E-state index contributed by atoms with van der Waals surface area (Å²) < 4.78 is 37.7. The molecule has 0 spiro atoms. The molecule has 124 valence electrons. The first-order valence-electron chi connectivity index (χ1n) is 6.75. The van der Waals surface area contributed by atoms with Gasteiger partial charge >= 0.3 is 6.18 Å². The van der Waals surface area contributed by atoms with Crippen molar-refractivity contribution < 1.29 is 18.0 Å². The lowest BCUT2D eigenvalue weighted by Crippen LogP contribution is -2.46. The molecule has 2 N–H and O–H groups in total. The maximum Gasteiger partial charge on any atom is 0.416 e. The average Bonchev–Trinajstić information content (AvgIpc) is 2.46. The lowest BCUT2D eigenvalue weighted by atomic mass is 10.1. The van der Waals surface area contributed by atoms with Crippen molar-refractivity contribution in [1.29, 1.82) is 0 Å². The summed E-state index contributed by atoms with van der Waals surface area (Å²) in [6, 6.07) is 5.15. The molecule has 1 saturated heterocycles. The number of rotatable bonds is 4. The predicted octanol–water partition coefficient (Wildman–Crippen LogP) is 3.09. The highest BCUT2D eigenvalue weighted by molar-refractivity contribution is 8.00. The molecule has 1 aromatic rings. The first kappa shape index (κ1) is 19.1. The number of carbonyl (C=O) groups excluding carboxylic acids is 1. The largest absolute Gasteiger partial charge is 0.416 e. The second-order valence-electron chi connectivity index (χ2n) is 4.93. The van der Waals surface area contributed by atoms with Crippen molar-refractivity contribution in [2.24, 2.45) is 0 Å². The van der Waals surface area contributed by atoms with Gasteiger partial charge in [-0.2, -0.15) is 13.2 Å². The van der Waals surface area contributed by atoms with Crippen LogP contribution in [0.1, 0.15) is 18.4 Å². The number of nitrogens with one attached hydrogen (secondary N) is 2. The lowest BCUT2D eigenvalue weighted by Gasteiger charge is -2.23. The van der Waals surface area contributed by atoms with E-state index in [2.05, 4.69) is 10.6 Å². The molecule has 2 rings (SSSR count). The fourth-order valence-electron chi connectivity index (χ4n) is 2.16. The number of hydrogen-bond acceptors (Lipinski definition) is 3. The number of alkyl halides is 3. The zero-order valence-corrected chi connectivity index (χ0v) is 13.4. The van der Waals surface area contributed by atoms with Gasteiger partial charge in [0, 0.05) is 17.5 Å². The summed E-state index contributed by atoms with van der Waals surface area (Å²) in [5, 5.41) is 6.08. The molecule has 1 heterocycles. The van der Waals surface area contributed by atoms with Crippen molar-refractivity contribution in [2.75, 3.05) is 18.8 Å². The third-order valence-electron chi connectivity index (χ3n) is 3.19. The monoisotopic (exact) mass is 354 g/mol. The maximum absolute atomic E-state index is 12.6. The zero-order chi connectivity index (χ0) is 15.3. The van der Waals surface area contributed by atoms with Crippen LogP contribution in [-0.4, -0.2) is 30.8 Å². The first-order chi connectivity index (χ1) is 9.95. The van der Waals surface area contributed by atoms with Crippen LogP contribution < -0.4 is 10.6 Å². The Balaban J connectivity index is 0.00000242. The molecule has 1 fully saturated rings.